The second-order valence-corrected chi connectivity index (χ2v) is 6.32. The molecule has 23 heavy (non-hydrogen) atoms. The van der Waals surface area contributed by atoms with Crippen LogP contribution in [0.4, 0.5) is 0 Å². The Hall–Kier alpha value is -1.28. The van der Waals surface area contributed by atoms with Gasteiger partial charge in [-0.2, -0.15) is 0 Å². The van der Waals surface area contributed by atoms with Crippen molar-refractivity contribution in [1.29, 1.82) is 0 Å². The highest BCUT2D eigenvalue weighted by atomic mass is 127. The van der Waals surface area contributed by atoms with Crippen LogP contribution >= 0.6 is 35.3 Å². The van der Waals surface area contributed by atoms with E-state index in [-0.39, 0.29) is 24.0 Å². The standard InChI is InChI=1S/C17H23N3OS.HI/c1-4-12(2)20-17(18)19-11-15-9-10-16(22-15)13-5-7-14(21-3)8-6-13;/h5-10,12H,4,11H2,1-3H3,(H3,18,19,20);1H. The van der Waals surface area contributed by atoms with Gasteiger partial charge in [-0.1, -0.05) is 6.92 Å². The van der Waals surface area contributed by atoms with E-state index in [2.05, 4.69) is 48.4 Å². The number of nitrogens with zero attached hydrogens (tertiary/aromatic N) is 1. The van der Waals surface area contributed by atoms with Crippen molar-refractivity contribution in [2.24, 2.45) is 10.7 Å². The third kappa shape index (κ3) is 6.02. The van der Waals surface area contributed by atoms with Crippen LogP contribution in [0.3, 0.4) is 0 Å². The molecule has 1 aromatic heterocycles. The summed E-state index contributed by atoms with van der Waals surface area (Å²) >= 11 is 1.73. The van der Waals surface area contributed by atoms with Crippen molar-refractivity contribution < 1.29 is 4.74 Å². The van der Waals surface area contributed by atoms with Crippen molar-refractivity contribution in [2.45, 2.75) is 32.9 Å². The number of ether oxygens (including phenoxy) is 1. The SMILES string of the molecule is CCC(C)NC(N)=NCc1ccc(-c2ccc(OC)cc2)s1.I. The summed E-state index contributed by atoms with van der Waals surface area (Å²) in [4.78, 5) is 6.81. The maximum absolute atomic E-state index is 5.88. The first-order chi connectivity index (χ1) is 10.6. The molecular weight excluding hydrogens is 421 g/mol. The number of nitrogens with two attached hydrogens (primary N) is 1. The van der Waals surface area contributed by atoms with Crippen molar-refractivity contribution in [1.82, 2.24) is 5.32 Å². The summed E-state index contributed by atoms with van der Waals surface area (Å²) in [6, 6.07) is 12.6. The molecule has 0 aliphatic heterocycles. The van der Waals surface area contributed by atoms with Crippen molar-refractivity contribution >= 4 is 41.3 Å². The first-order valence-corrected chi connectivity index (χ1v) is 8.23. The van der Waals surface area contributed by atoms with Crippen LogP contribution in [-0.2, 0) is 6.54 Å². The summed E-state index contributed by atoms with van der Waals surface area (Å²) in [5, 5.41) is 3.17. The first-order valence-electron chi connectivity index (χ1n) is 7.42. The molecule has 1 atom stereocenters. The van der Waals surface area contributed by atoms with Gasteiger partial charge in [-0.3, -0.25) is 0 Å². The fourth-order valence-electron chi connectivity index (χ4n) is 1.94. The largest absolute Gasteiger partial charge is 0.497 e. The lowest BCUT2D eigenvalue weighted by atomic mass is 10.2. The molecule has 0 radical (unpaired) electrons. The van der Waals surface area contributed by atoms with Gasteiger partial charge in [-0.25, -0.2) is 4.99 Å². The molecular formula is C17H24IN3OS. The summed E-state index contributed by atoms with van der Waals surface area (Å²) in [7, 11) is 1.67. The number of methoxy groups -OCH3 is 1. The summed E-state index contributed by atoms with van der Waals surface area (Å²) < 4.78 is 5.18. The first kappa shape index (κ1) is 19.8. The molecule has 0 fully saturated rings. The van der Waals surface area contributed by atoms with Crippen LogP contribution < -0.4 is 15.8 Å². The third-order valence-electron chi connectivity index (χ3n) is 3.45. The maximum atomic E-state index is 5.88. The molecule has 0 bridgehead atoms. The summed E-state index contributed by atoms with van der Waals surface area (Å²) in [5.74, 6) is 1.38. The molecule has 0 aliphatic carbocycles. The lowest BCUT2D eigenvalue weighted by Crippen LogP contribution is -2.37. The molecule has 1 unspecified atom stereocenters. The minimum Gasteiger partial charge on any atom is -0.497 e. The van der Waals surface area contributed by atoms with Gasteiger partial charge >= 0.3 is 0 Å². The number of benzene rings is 1. The van der Waals surface area contributed by atoms with Gasteiger partial charge in [-0.05, 0) is 55.3 Å². The lowest BCUT2D eigenvalue weighted by Gasteiger charge is -2.11. The molecule has 1 aromatic carbocycles. The Bertz CT molecular complexity index is 625. The van der Waals surface area contributed by atoms with Gasteiger partial charge < -0.3 is 15.8 Å². The van der Waals surface area contributed by atoms with Gasteiger partial charge in [-0.15, -0.1) is 35.3 Å². The van der Waals surface area contributed by atoms with Gasteiger partial charge in [0.2, 0.25) is 0 Å². The molecule has 6 heteroatoms. The van der Waals surface area contributed by atoms with E-state index >= 15 is 0 Å². The quantitative estimate of drug-likeness (QED) is 0.397. The van der Waals surface area contributed by atoms with E-state index in [1.807, 2.05) is 12.1 Å². The summed E-state index contributed by atoms with van der Waals surface area (Å²) in [6.45, 7) is 4.82. The van der Waals surface area contributed by atoms with Crippen LogP contribution in [0.5, 0.6) is 5.75 Å². The van der Waals surface area contributed by atoms with E-state index in [1.165, 1.54) is 15.3 Å². The highest BCUT2D eigenvalue weighted by molar-refractivity contribution is 14.0. The van der Waals surface area contributed by atoms with E-state index < -0.39 is 0 Å². The number of halogens is 1. The van der Waals surface area contributed by atoms with Gasteiger partial charge in [0.15, 0.2) is 5.96 Å². The van der Waals surface area contributed by atoms with Crippen molar-refractivity contribution in [3.63, 3.8) is 0 Å². The van der Waals surface area contributed by atoms with Gasteiger partial charge in [0, 0.05) is 15.8 Å². The summed E-state index contributed by atoms with van der Waals surface area (Å²) in [5.41, 5.74) is 7.06. The number of nitrogens with one attached hydrogen (secondary N) is 1. The zero-order valence-electron chi connectivity index (χ0n) is 13.7. The van der Waals surface area contributed by atoms with Crippen LogP contribution in [0, 0.1) is 0 Å². The molecule has 0 saturated carbocycles. The molecule has 0 amide bonds. The summed E-state index contributed by atoms with van der Waals surface area (Å²) in [6.07, 6.45) is 1.02. The molecule has 2 rings (SSSR count). The predicted molar refractivity (Wildman–Crippen MR) is 110 cm³/mol. The zero-order valence-corrected chi connectivity index (χ0v) is 16.9. The van der Waals surface area contributed by atoms with Gasteiger partial charge in [0.25, 0.3) is 0 Å². The topological polar surface area (TPSA) is 59.6 Å². The molecule has 126 valence electrons. The average Bonchev–Trinajstić information content (AvgIpc) is 3.02. The van der Waals surface area contributed by atoms with Crippen LogP contribution in [0.25, 0.3) is 10.4 Å². The van der Waals surface area contributed by atoms with Crippen molar-refractivity contribution in [2.75, 3.05) is 7.11 Å². The normalized spacial score (nSPS) is 12.4. The Balaban J connectivity index is 0.00000264. The zero-order chi connectivity index (χ0) is 15.9. The molecule has 1 heterocycles. The van der Waals surface area contributed by atoms with Crippen molar-refractivity contribution in [3.8, 4) is 16.2 Å². The fourth-order valence-corrected chi connectivity index (χ4v) is 2.87. The third-order valence-corrected chi connectivity index (χ3v) is 4.57. The Morgan fingerprint density at radius 1 is 1.26 bits per heavy atom. The Morgan fingerprint density at radius 3 is 2.57 bits per heavy atom. The van der Waals surface area contributed by atoms with E-state index in [0.29, 0.717) is 18.5 Å². The highest BCUT2D eigenvalue weighted by Gasteiger charge is 2.04. The molecule has 3 N–H and O–H groups in total. The van der Waals surface area contributed by atoms with Crippen LogP contribution in [0.2, 0.25) is 0 Å². The van der Waals surface area contributed by atoms with E-state index in [0.717, 1.165) is 12.2 Å². The number of aliphatic imine (C=N–C) groups is 1. The van der Waals surface area contributed by atoms with E-state index in [4.69, 9.17) is 10.5 Å². The second-order valence-electron chi connectivity index (χ2n) is 5.15. The number of hydrogen-bond acceptors (Lipinski definition) is 3. The Labute approximate surface area is 159 Å². The minimum atomic E-state index is 0. The van der Waals surface area contributed by atoms with Crippen LogP contribution in [0.1, 0.15) is 25.1 Å². The highest BCUT2D eigenvalue weighted by Crippen LogP contribution is 2.29. The van der Waals surface area contributed by atoms with E-state index in [9.17, 15) is 0 Å². The molecule has 0 aliphatic rings. The number of thiophene rings is 1. The van der Waals surface area contributed by atoms with Gasteiger partial charge in [0.05, 0.1) is 13.7 Å². The number of hydrogen-bond donors (Lipinski definition) is 2. The minimum absolute atomic E-state index is 0. The van der Waals surface area contributed by atoms with Crippen molar-refractivity contribution in [3.05, 3.63) is 41.3 Å². The van der Waals surface area contributed by atoms with Crippen LogP contribution in [0.15, 0.2) is 41.4 Å². The lowest BCUT2D eigenvalue weighted by molar-refractivity contribution is 0.415. The predicted octanol–water partition coefficient (Wildman–Crippen LogP) is 4.24. The average molecular weight is 445 g/mol. The fraction of sp³-hybridized carbons (Fsp3) is 0.353. The molecule has 0 saturated heterocycles. The maximum Gasteiger partial charge on any atom is 0.189 e. The van der Waals surface area contributed by atoms with Gasteiger partial charge in [0.1, 0.15) is 5.75 Å². The smallest absolute Gasteiger partial charge is 0.189 e. The molecule has 4 nitrogen and oxygen atoms in total. The second kappa shape index (κ2) is 9.77. The van der Waals surface area contributed by atoms with Crippen LogP contribution in [-0.4, -0.2) is 19.1 Å². The Kier molecular flexibility index (Phi) is 8.40. The van der Waals surface area contributed by atoms with E-state index in [1.54, 1.807) is 18.4 Å². The molecule has 0 spiro atoms. The number of rotatable bonds is 6. The number of guanidine groups is 1. The monoisotopic (exact) mass is 445 g/mol. The molecule has 2 aromatic rings. The Morgan fingerprint density at radius 2 is 1.96 bits per heavy atom.